The van der Waals surface area contributed by atoms with E-state index < -0.39 is 0 Å². The van der Waals surface area contributed by atoms with Crippen LogP contribution in [0.25, 0.3) is 16.6 Å². The van der Waals surface area contributed by atoms with Crippen LogP contribution in [0, 0.1) is 5.82 Å². The zero-order valence-corrected chi connectivity index (χ0v) is 18.6. The van der Waals surface area contributed by atoms with Crippen LogP contribution >= 0.6 is 0 Å². The fourth-order valence-electron chi connectivity index (χ4n) is 3.49. The third-order valence-electron chi connectivity index (χ3n) is 5.19. The number of nitrogens with zero attached hydrogens (tertiary/aromatic N) is 2. The number of carbonyl (C=O) groups excluding carboxylic acids is 2. The molecule has 1 heterocycles. The average molecular weight is 461 g/mol. The number of rotatable bonds is 9. The third-order valence-corrected chi connectivity index (χ3v) is 5.19. The monoisotopic (exact) mass is 460 g/mol. The van der Waals surface area contributed by atoms with E-state index in [0.29, 0.717) is 36.3 Å². The molecule has 0 fully saturated rings. The van der Waals surface area contributed by atoms with Crippen molar-refractivity contribution in [1.82, 2.24) is 25.8 Å². The lowest BCUT2D eigenvalue weighted by Crippen LogP contribution is -2.33. The van der Waals surface area contributed by atoms with Gasteiger partial charge in [0, 0.05) is 37.6 Å². The molecule has 0 spiro atoms. The van der Waals surface area contributed by atoms with Crippen LogP contribution in [0.5, 0.6) is 0 Å². The van der Waals surface area contributed by atoms with Crippen molar-refractivity contribution in [3.63, 3.8) is 0 Å². The van der Waals surface area contributed by atoms with Crippen LogP contribution in [0.2, 0.25) is 0 Å². The second-order valence-corrected chi connectivity index (χ2v) is 7.69. The predicted octanol–water partition coefficient (Wildman–Crippen LogP) is 3.15. The van der Waals surface area contributed by atoms with Gasteiger partial charge >= 0.3 is 0 Å². The fraction of sp³-hybridized carbons (Fsp3) is 0.160. The Kier molecular flexibility index (Phi) is 7.14. The molecule has 0 bridgehead atoms. The minimum atomic E-state index is -0.317. The van der Waals surface area contributed by atoms with Gasteiger partial charge in [-0.25, -0.2) is 14.5 Å². The van der Waals surface area contributed by atoms with Crippen molar-refractivity contribution in [3.05, 3.63) is 89.9 Å². The molecule has 0 atom stereocenters. The number of fused-ring (bicyclic) bond motifs is 1. The van der Waals surface area contributed by atoms with Crippen LogP contribution in [0.15, 0.2) is 72.9 Å². The van der Waals surface area contributed by atoms with Gasteiger partial charge in [0.25, 0.3) is 5.91 Å². The second kappa shape index (κ2) is 10.6. The number of benzene rings is 3. The molecule has 9 heteroatoms. The maximum Gasteiger partial charge on any atom is 0.252 e. The lowest BCUT2D eigenvalue weighted by atomic mass is 10.1. The van der Waals surface area contributed by atoms with E-state index in [1.165, 1.54) is 19.1 Å². The van der Waals surface area contributed by atoms with Gasteiger partial charge in [0.05, 0.1) is 23.0 Å². The van der Waals surface area contributed by atoms with Gasteiger partial charge in [-0.15, -0.1) is 0 Å². The summed E-state index contributed by atoms with van der Waals surface area (Å²) in [5.74, 6) is -0.584. The first-order valence-electron chi connectivity index (χ1n) is 10.8. The summed E-state index contributed by atoms with van der Waals surface area (Å²) in [4.78, 5) is 23.7. The minimum absolute atomic E-state index is 0.0638. The Morgan fingerprint density at radius 3 is 2.44 bits per heavy atom. The molecule has 34 heavy (non-hydrogen) atoms. The number of carbonyl (C=O) groups is 2. The topological polar surface area (TPSA) is 100 Å². The summed E-state index contributed by atoms with van der Waals surface area (Å²) >= 11 is 0. The lowest BCUT2D eigenvalue weighted by molar-refractivity contribution is -0.118. The Hall–Kier alpha value is -4.24. The van der Waals surface area contributed by atoms with Gasteiger partial charge in [-0.2, -0.15) is 5.10 Å². The van der Waals surface area contributed by atoms with E-state index >= 15 is 0 Å². The first kappa shape index (κ1) is 22.9. The van der Waals surface area contributed by atoms with Crippen molar-refractivity contribution in [2.45, 2.75) is 13.5 Å². The Labute approximate surface area is 196 Å². The number of hydrogen-bond donors (Lipinski definition) is 4. The fourth-order valence-corrected chi connectivity index (χ4v) is 3.49. The van der Waals surface area contributed by atoms with Crippen LogP contribution in [0.1, 0.15) is 22.8 Å². The van der Waals surface area contributed by atoms with Crippen molar-refractivity contribution in [1.29, 1.82) is 0 Å². The van der Waals surface area contributed by atoms with Crippen molar-refractivity contribution in [3.8, 4) is 5.69 Å². The molecular formula is C25H25FN6O2. The molecule has 0 saturated heterocycles. The molecule has 0 radical (unpaired) electrons. The maximum atomic E-state index is 13.3. The molecule has 1 aromatic heterocycles. The highest BCUT2D eigenvalue weighted by molar-refractivity contribution is 6.06. The molecule has 8 nitrogen and oxygen atoms in total. The van der Waals surface area contributed by atoms with E-state index in [9.17, 15) is 14.0 Å². The summed E-state index contributed by atoms with van der Waals surface area (Å²) in [6.07, 6.45) is 1.65. The lowest BCUT2D eigenvalue weighted by Gasteiger charge is -2.10. The highest BCUT2D eigenvalue weighted by Gasteiger charge is 2.14. The third kappa shape index (κ3) is 5.57. The van der Waals surface area contributed by atoms with Crippen molar-refractivity contribution in [2.24, 2.45) is 0 Å². The Morgan fingerprint density at radius 2 is 1.71 bits per heavy atom. The summed E-state index contributed by atoms with van der Waals surface area (Å²) in [6, 6.07) is 19.1. The number of halogens is 1. The van der Waals surface area contributed by atoms with Gasteiger partial charge in [0.15, 0.2) is 0 Å². The Balaban J connectivity index is 1.36. The first-order valence-corrected chi connectivity index (χ1v) is 10.8. The van der Waals surface area contributed by atoms with Crippen LogP contribution in [0.3, 0.4) is 0 Å². The minimum Gasteiger partial charge on any atom is -0.355 e. The zero-order valence-electron chi connectivity index (χ0n) is 18.6. The van der Waals surface area contributed by atoms with E-state index in [4.69, 9.17) is 0 Å². The molecule has 4 rings (SSSR count). The van der Waals surface area contributed by atoms with Crippen LogP contribution in [-0.4, -0.2) is 34.7 Å². The van der Waals surface area contributed by atoms with Gasteiger partial charge in [0.2, 0.25) is 5.91 Å². The summed E-state index contributed by atoms with van der Waals surface area (Å²) in [6.45, 7) is 2.96. The van der Waals surface area contributed by atoms with Crippen LogP contribution in [0.4, 0.5) is 10.1 Å². The Morgan fingerprint density at radius 1 is 0.941 bits per heavy atom. The average Bonchev–Trinajstić information content (AvgIpc) is 3.28. The molecule has 3 aromatic carbocycles. The van der Waals surface area contributed by atoms with E-state index in [-0.39, 0.29) is 17.6 Å². The van der Waals surface area contributed by atoms with E-state index in [1.54, 1.807) is 35.1 Å². The summed E-state index contributed by atoms with van der Waals surface area (Å²) in [5.41, 5.74) is 9.90. The standard InChI is InChI=1S/C25H25FN6O2/c1-17(33)27-13-14-29-31-20-9-5-18(6-10-20)15-28-25(34)22-3-2-4-24-23(22)16-30-32(24)21-11-7-19(26)8-12-21/h2-12,16,29,31H,13-15H2,1H3,(H,27,33)(H,28,34). The number of hydrazine groups is 1. The first-order chi connectivity index (χ1) is 16.5. The predicted molar refractivity (Wildman–Crippen MR) is 129 cm³/mol. The maximum absolute atomic E-state index is 13.3. The number of anilines is 1. The van der Waals surface area contributed by atoms with Gasteiger partial charge < -0.3 is 16.1 Å². The summed E-state index contributed by atoms with van der Waals surface area (Å²) < 4.78 is 14.9. The molecular weight excluding hydrogens is 435 g/mol. The number of aromatic nitrogens is 2. The molecule has 0 saturated carbocycles. The molecule has 0 aliphatic heterocycles. The van der Waals surface area contributed by atoms with Crippen LogP contribution < -0.4 is 21.5 Å². The number of nitrogens with one attached hydrogen (secondary N) is 4. The quantitative estimate of drug-likeness (QED) is 0.227. The Bertz CT molecular complexity index is 1290. The molecule has 174 valence electrons. The van der Waals surface area contributed by atoms with E-state index in [0.717, 1.165) is 16.8 Å². The van der Waals surface area contributed by atoms with Crippen LogP contribution in [-0.2, 0) is 11.3 Å². The van der Waals surface area contributed by atoms with Crippen molar-refractivity contribution in [2.75, 3.05) is 18.5 Å². The highest BCUT2D eigenvalue weighted by atomic mass is 19.1. The molecule has 0 unspecified atom stereocenters. The molecule has 4 aromatic rings. The zero-order chi connectivity index (χ0) is 23.9. The molecule has 0 aliphatic carbocycles. The van der Waals surface area contributed by atoms with Gasteiger partial charge in [0.1, 0.15) is 5.82 Å². The molecule has 4 N–H and O–H groups in total. The normalized spacial score (nSPS) is 10.8. The largest absolute Gasteiger partial charge is 0.355 e. The van der Waals surface area contributed by atoms with E-state index in [2.05, 4.69) is 26.6 Å². The SMILES string of the molecule is CC(=O)NCCNNc1ccc(CNC(=O)c2cccc3c2cnn3-c2ccc(F)cc2)cc1. The van der Waals surface area contributed by atoms with E-state index in [1.807, 2.05) is 30.3 Å². The second-order valence-electron chi connectivity index (χ2n) is 7.69. The van der Waals surface area contributed by atoms with Gasteiger partial charge in [-0.3, -0.25) is 9.59 Å². The number of amides is 2. The smallest absolute Gasteiger partial charge is 0.252 e. The van der Waals surface area contributed by atoms with Gasteiger partial charge in [-0.1, -0.05) is 18.2 Å². The van der Waals surface area contributed by atoms with Crippen molar-refractivity contribution >= 4 is 28.4 Å². The molecule has 0 aliphatic rings. The summed E-state index contributed by atoms with van der Waals surface area (Å²) in [7, 11) is 0. The van der Waals surface area contributed by atoms with Gasteiger partial charge in [-0.05, 0) is 54.1 Å². The summed E-state index contributed by atoms with van der Waals surface area (Å²) in [5, 5.41) is 10.8. The number of hydrogen-bond acceptors (Lipinski definition) is 5. The molecule has 2 amide bonds. The highest BCUT2D eigenvalue weighted by Crippen LogP contribution is 2.22. The van der Waals surface area contributed by atoms with Crippen molar-refractivity contribution < 1.29 is 14.0 Å².